The van der Waals surface area contributed by atoms with Gasteiger partial charge < -0.3 is 25.0 Å². The molecular weight excluding hydrogens is 340 g/mol. The third kappa shape index (κ3) is 12.3. The molecule has 0 radical (unpaired) electrons. The summed E-state index contributed by atoms with van der Waals surface area (Å²) in [6, 6.07) is 8.21. The second-order valence-electron chi connectivity index (χ2n) is 7.32. The minimum atomic E-state index is 0.585. The lowest BCUT2D eigenvalue weighted by Crippen LogP contribution is -2.37. The van der Waals surface area contributed by atoms with Gasteiger partial charge in [-0.3, -0.25) is 4.99 Å². The van der Waals surface area contributed by atoms with E-state index in [0.717, 1.165) is 64.0 Å². The van der Waals surface area contributed by atoms with Crippen LogP contribution in [-0.4, -0.2) is 64.9 Å². The SMILES string of the molecule is CN=C(NCCCOCC(C)C)NCc1ccc(OCCCN(C)C)cc1. The van der Waals surface area contributed by atoms with E-state index in [9.17, 15) is 0 Å². The van der Waals surface area contributed by atoms with Gasteiger partial charge in [0.1, 0.15) is 5.75 Å². The van der Waals surface area contributed by atoms with Crippen LogP contribution in [0.3, 0.4) is 0 Å². The molecule has 0 aliphatic rings. The monoisotopic (exact) mass is 378 g/mol. The average Bonchev–Trinajstić information content (AvgIpc) is 2.64. The van der Waals surface area contributed by atoms with Gasteiger partial charge in [0, 0.05) is 39.9 Å². The van der Waals surface area contributed by atoms with Crippen LogP contribution in [-0.2, 0) is 11.3 Å². The molecule has 0 saturated carbocycles. The largest absolute Gasteiger partial charge is 0.494 e. The van der Waals surface area contributed by atoms with Crippen LogP contribution in [0.4, 0.5) is 0 Å². The summed E-state index contributed by atoms with van der Waals surface area (Å²) < 4.78 is 11.3. The van der Waals surface area contributed by atoms with Crippen molar-refractivity contribution >= 4 is 5.96 Å². The number of hydrogen-bond acceptors (Lipinski definition) is 4. The Balaban J connectivity index is 2.20. The molecule has 0 atom stereocenters. The van der Waals surface area contributed by atoms with Gasteiger partial charge >= 0.3 is 0 Å². The van der Waals surface area contributed by atoms with Gasteiger partial charge in [0.05, 0.1) is 6.61 Å². The summed E-state index contributed by atoms with van der Waals surface area (Å²) in [5.74, 6) is 2.31. The van der Waals surface area contributed by atoms with Crippen molar-refractivity contribution in [1.29, 1.82) is 0 Å². The van der Waals surface area contributed by atoms with Gasteiger partial charge in [-0.2, -0.15) is 0 Å². The maximum Gasteiger partial charge on any atom is 0.191 e. The highest BCUT2D eigenvalue weighted by atomic mass is 16.5. The van der Waals surface area contributed by atoms with Gasteiger partial charge in [-0.1, -0.05) is 26.0 Å². The molecule has 1 aromatic carbocycles. The van der Waals surface area contributed by atoms with E-state index < -0.39 is 0 Å². The summed E-state index contributed by atoms with van der Waals surface area (Å²) >= 11 is 0. The molecule has 0 bridgehead atoms. The summed E-state index contributed by atoms with van der Waals surface area (Å²) in [7, 11) is 5.94. The molecule has 6 heteroatoms. The van der Waals surface area contributed by atoms with Crippen molar-refractivity contribution in [3.05, 3.63) is 29.8 Å². The van der Waals surface area contributed by atoms with Crippen LogP contribution in [0.25, 0.3) is 0 Å². The predicted molar refractivity (Wildman–Crippen MR) is 114 cm³/mol. The van der Waals surface area contributed by atoms with Gasteiger partial charge in [0.25, 0.3) is 0 Å². The standard InChI is InChI=1S/C21H38N4O2/c1-18(2)17-26-14-6-12-23-21(22-3)24-16-19-8-10-20(11-9-19)27-15-7-13-25(4)5/h8-11,18H,6-7,12-17H2,1-5H3,(H2,22,23,24). The van der Waals surface area contributed by atoms with E-state index in [4.69, 9.17) is 9.47 Å². The molecule has 0 unspecified atom stereocenters. The van der Waals surface area contributed by atoms with Crippen LogP contribution in [0, 0.1) is 5.92 Å². The first kappa shape index (κ1) is 23.2. The molecule has 0 amide bonds. The van der Waals surface area contributed by atoms with Crippen LogP contribution >= 0.6 is 0 Å². The lowest BCUT2D eigenvalue weighted by atomic mass is 10.2. The van der Waals surface area contributed by atoms with Crippen LogP contribution in [0.15, 0.2) is 29.3 Å². The Bertz CT molecular complexity index is 515. The summed E-state index contributed by atoms with van der Waals surface area (Å²) in [6.07, 6.45) is 1.99. The molecule has 0 aliphatic carbocycles. The fraction of sp³-hybridized carbons (Fsp3) is 0.667. The topological polar surface area (TPSA) is 58.1 Å². The molecule has 0 aliphatic heterocycles. The Kier molecular flexibility index (Phi) is 12.3. The normalized spacial score (nSPS) is 11.9. The van der Waals surface area contributed by atoms with Crippen molar-refractivity contribution in [2.75, 3.05) is 54.1 Å². The Morgan fingerprint density at radius 2 is 1.81 bits per heavy atom. The van der Waals surface area contributed by atoms with Gasteiger partial charge in [-0.25, -0.2) is 0 Å². The van der Waals surface area contributed by atoms with Crippen molar-refractivity contribution < 1.29 is 9.47 Å². The molecule has 0 aromatic heterocycles. The fourth-order valence-electron chi connectivity index (χ4n) is 2.38. The Morgan fingerprint density at radius 1 is 1.07 bits per heavy atom. The molecule has 27 heavy (non-hydrogen) atoms. The van der Waals surface area contributed by atoms with E-state index >= 15 is 0 Å². The Morgan fingerprint density at radius 3 is 2.44 bits per heavy atom. The number of aliphatic imine (C=N–C) groups is 1. The molecule has 154 valence electrons. The summed E-state index contributed by atoms with van der Waals surface area (Å²) in [6.45, 7) is 9.27. The number of rotatable bonds is 13. The van der Waals surface area contributed by atoms with Crippen molar-refractivity contribution in [1.82, 2.24) is 15.5 Å². The number of ether oxygens (including phenoxy) is 2. The van der Waals surface area contributed by atoms with Crippen molar-refractivity contribution in [3.63, 3.8) is 0 Å². The number of nitrogens with zero attached hydrogens (tertiary/aromatic N) is 2. The number of hydrogen-bond donors (Lipinski definition) is 2. The predicted octanol–water partition coefficient (Wildman–Crippen LogP) is 2.74. The first-order valence-corrected chi connectivity index (χ1v) is 9.90. The highest BCUT2D eigenvalue weighted by Gasteiger charge is 2.00. The van der Waals surface area contributed by atoms with Gasteiger partial charge in [-0.15, -0.1) is 0 Å². The Hall–Kier alpha value is -1.79. The van der Waals surface area contributed by atoms with Gasteiger partial charge in [-0.05, 0) is 50.6 Å². The second-order valence-corrected chi connectivity index (χ2v) is 7.32. The molecule has 0 fully saturated rings. The van der Waals surface area contributed by atoms with Gasteiger partial charge in [0.15, 0.2) is 5.96 Å². The van der Waals surface area contributed by atoms with E-state index in [2.05, 4.69) is 60.6 Å². The fourth-order valence-corrected chi connectivity index (χ4v) is 2.38. The first-order valence-electron chi connectivity index (χ1n) is 9.90. The molecule has 0 spiro atoms. The van der Waals surface area contributed by atoms with E-state index in [0.29, 0.717) is 5.92 Å². The van der Waals surface area contributed by atoms with E-state index in [1.54, 1.807) is 7.05 Å². The zero-order chi connectivity index (χ0) is 19.9. The summed E-state index contributed by atoms with van der Waals surface area (Å²) in [4.78, 5) is 6.42. The van der Waals surface area contributed by atoms with E-state index in [1.165, 1.54) is 5.56 Å². The van der Waals surface area contributed by atoms with E-state index in [1.807, 2.05) is 12.1 Å². The smallest absolute Gasteiger partial charge is 0.191 e. The zero-order valence-corrected chi connectivity index (χ0v) is 17.8. The van der Waals surface area contributed by atoms with Crippen molar-refractivity contribution in [3.8, 4) is 5.75 Å². The zero-order valence-electron chi connectivity index (χ0n) is 17.8. The van der Waals surface area contributed by atoms with Gasteiger partial charge in [0.2, 0.25) is 0 Å². The summed E-state index contributed by atoms with van der Waals surface area (Å²) in [5.41, 5.74) is 1.19. The molecule has 0 heterocycles. The van der Waals surface area contributed by atoms with Crippen LogP contribution in [0.1, 0.15) is 32.3 Å². The van der Waals surface area contributed by atoms with Crippen molar-refractivity contribution in [2.24, 2.45) is 10.9 Å². The first-order chi connectivity index (χ1) is 13.0. The minimum Gasteiger partial charge on any atom is -0.494 e. The Labute approximate surface area is 165 Å². The molecule has 6 nitrogen and oxygen atoms in total. The number of benzene rings is 1. The highest BCUT2D eigenvalue weighted by Crippen LogP contribution is 2.12. The highest BCUT2D eigenvalue weighted by molar-refractivity contribution is 5.79. The lowest BCUT2D eigenvalue weighted by molar-refractivity contribution is 0.108. The van der Waals surface area contributed by atoms with Crippen molar-refractivity contribution in [2.45, 2.75) is 33.2 Å². The number of guanidine groups is 1. The lowest BCUT2D eigenvalue weighted by Gasteiger charge is -2.13. The summed E-state index contributed by atoms with van der Waals surface area (Å²) in [5, 5.41) is 6.64. The molecule has 2 N–H and O–H groups in total. The van der Waals surface area contributed by atoms with Crippen LogP contribution in [0.5, 0.6) is 5.75 Å². The van der Waals surface area contributed by atoms with Crippen LogP contribution < -0.4 is 15.4 Å². The minimum absolute atomic E-state index is 0.585. The van der Waals surface area contributed by atoms with Crippen LogP contribution in [0.2, 0.25) is 0 Å². The van der Waals surface area contributed by atoms with E-state index in [-0.39, 0.29) is 0 Å². The third-order valence-corrected chi connectivity index (χ3v) is 3.83. The quantitative estimate of drug-likeness (QED) is 0.314. The number of nitrogens with one attached hydrogen (secondary N) is 2. The maximum atomic E-state index is 5.76. The molecule has 0 saturated heterocycles. The maximum absolute atomic E-state index is 5.76. The third-order valence-electron chi connectivity index (χ3n) is 3.83. The molecular formula is C21H38N4O2. The molecule has 1 rings (SSSR count). The molecule has 1 aromatic rings. The second kappa shape index (κ2) is 14.3. The average molecular weight is 379 g/mol.